The van der Waals surface area contributed by atoms with Gasteiger partial charge in [0.1, 0.15) is 0 Å². The Morgan fingerprint density at radius 2 is 1.54 bits per heavy atom. The number of hydrogen-bond donors (Lipinski definition) is 2. The van der Waals surface area contributed by atoms with Crippen LogP contribution in [-0.2, 0) is 10.0 Å². The molecular weight excluding hydrogens is 372 g/mol. The molecule has 0 amide bonds. The van der Waals surface area contributed by atoms with Crippen LogP contribution < -0.4 is 10.0 Å². The van der Waals surface area contributed by atoms with Gasteiger partial charge in [-0.3, -0.25) is 4.72 Å². The molecule has 0 radical (unpaired) electrons. The number of benzene rings is 2. The van der Waals surface area contributed by atoms with Crippen molar-refractivity contribution in [2.24, 2.45) is 0 Å². The molecule has 0 bridgehead atoms. The largest absolute Gasteiger partial charge is 0.339 e. The van der Waals surface area contributed by atoms with Gasteiger partial charge >= 0.3 is 0 Å². The van der Waals surface area contributed by atoms with E-state index >= 15 is 0 Å². The van der Waals surface area contributed by atoms with Crippen molar-refractivity contribution in [2.45, 2.75) is 18.7 Å². The third kappa shape index (κ3) is 4.30. The number of anilines is 3. The van der Waals surface area contributed by atoms with Gasteiger partial charge in [0.15, 0.2) is 11.6 Å². The van der Waals surface area contributed by atoms with Crippen molar-refractivity contribution >= 4 is 38.9 Å². The molecule has 0 unspecified atom stereocenters. The van der Waals surface area contributed by atoms with Crippen LogP contribution >= 0.6 is 11.6 Å². The Morgan fingerprint density at radius 1 is 0.885 bits per heavy atom. The van der Waals surface area contributed by atoms with E-state index < -0.39 is 10.0 Å². The quantitative estimate of drug-likeness (QED) is 0.681. The molecular formula is C18H17ClN4O2S. The van der Waals surface area contributed by atoms with E-state index in [2.05, 4.69) is 20.2 Å². The van der Waals surface area contributed by atoms with Gasteiger partial charge in [-0.05, 0) is 61.9 Å². The number of hydrogen-bond acceptors (Lipinski definition) is 5. The average molecular weight is 389 g/mol. The summed E-state index contributed by atoms with van der Waals surface area (Å²) in [6.07, 6.45) is 0. The van der Waals surface area contributed by atoms with E-state index in [9.17, 15) is 8.42 Å². The fourth-order valence-electron chi connectivity index (χ4n) is 2.27. The minimum atomic E-state index is -3.70. The third-order valence-corrected chi connectivity index (χ3v) is 5.29. The summed E-state index contributed by atoms with van der Waals surface area (Å²) < 4.78 is 27.1. The van der Waals surface area contributed by atoms with Gasteiger partial charge in [-0.15, -0.1) is 10.2 Å². The first-order valence-corrected chi connectivity index (χ1v) is 9.66. The lowest BCUT2D eigenvalue weighted by atomic mass is 10.2. The van der Waals surface area contributed by atoms with Gasteiger partial charge in [-0.25, -0.2) is 8.42 Å². The summed E-state index contributed by atoms with van der Waals surface area (Å²) in [7, 11) is -3.70. The van der Waals surface area contributed by atoms with Crippen molar-refractivity contribution in [3.63, 3.8) is 0 Å². The zero-order chi connectivity index (χ0) is 18.7. The summed E-state index contributed by atoms with van der Waals surface area (Å²) in [5.41, 5.74) is 2.79. The molecule has 0 atom stereocenters. The molecule has 0 saturated heterocycles. The molecule has 134 valence electrons. The van der Waals surface area contributed by atoms with Crippen molar-refractivity contribution in [3.05, 3.63) is 70.7 Å². The van der Waals surface area contributed by atoms with E-state index in [1.807, 2.05) is 26.0 Å². The Morgan fingerprint density at radius 3 is 2.15 bits per heavy atom. The van der Waals surface area contributed by atoms with Gasteiger partial charge in [0.25, 0.3) is 10.0 Å². The van der Waals surface area contributed by atoms with Crippen molar-refractivity contribution in [3.8, 4) is 0 Å². The van der Waals surface area contributed by atoms with E-state index in [-0.39, 0.29) is 10.7 Å². The lowest BCUT2D eigenvalue weighted by Gasteiger charge is -2.10. The van der Waals surface area contributed by atoms with Crippen LogP contribution in [0.2, 0.25) is 5.02 Å². The molecule has 2 aromatic carbocycles. The lowest BCUT2D eigenvalue weighted by molar-refractivity contribution is 0.601. The van der Waals surface area contributed by atoms with Gasteiger partial charge < -0.3 is 5.32 Å². The molecule has 0 spiro atoms. The molecule has 1 heterocycles. The molecule has 26 heavy (non-hydrogen) atoms. The van der Waals surface area contributed by atoms with Gasteiger partial charge in [0.2, 0.25) is 0 Å². The zero-order valence-corrected chi connectivity index (χ0v) is 15.8. The van der Waals surface area contributed by atoms with Crippen LogP contribution in [0.4, 0.5) is 17.3 Å². The minimum absolute atomic E-state index is 0.143. The second-order valence-corrected chi connectivity index (χ2v) is 7.93. The van der Waals surface area contributed by atoms with Crippen LogP contribution in [0.1, 0.15) is 11.1 Å². The van der Waals surface area contributed by atoms with Crippen molar-refractivity contribution in [1.29, 1.82) is 0 Å². The Hall–Kier alpha value is -2.64. The second kappa shape index (κ2) is 7.31. The molecule has 0 fully saturated rings. The van der Waals surface area contributed by atoms with E-state index in [4.69, 9.17) is 11.6 Å². The van der Waals surface area contributed by atoms with Crippen LogP contribution in [0.3, 0.4) is 0 Å². The van der Waals surface area contributed by atoms with Crippen LogP contribution in [0.15, 0.2) is 59.5 Å². The molecule has 0 aliphatic carbocycles. The molecule has 2 N–H and O–H groups in total. The Bertz CT molecular complexity index is 1020. The Balaban J connectivity index is 1.74. The highest BCUT2D eigenvalue weighted by Gasteiger charge is 2.14. The Labute approximate surface area is 157 Å². The fourth-order valence-corrected chi connectivity index (χ4v) is 3.50. The van der Waals surface area contributed by atoms with Gasteiger partial charge in [-0.1, -0.05) is 29.3 Å². The maximum Gasteiger partial charge on any atom is 0.263 e. The number of sulfonamides is 1. The predicted molar refractivity (Wildman–Crippen MR) is 103 cm³/mol. The normalized spacial score (nSPS) is 11.2. The summed E-state index contributed by atoms with van der Waals surface area (Å²) >= 11 is 5.94. The topological polar surface area (TPSA) is 84.0 Å². The number of nitrogens with zero attached hydrogens (tertiary/aromatic N) is 2. The summed E-state index contributed by atoms with van der Waals surface area (Å²) in [6, 6.07) is 15.2. The highest BCUT2D eigenvalue weighted by molar-refractivity contribution is 7.92. The van der Waals surface area contributed by atoms with Crippen LogP contribution in [0.25, 0.3) is 0 Å². The van der Waals surface area contributed by atoms with Gasteiger partial charge in [0.05, 0.1) is 4.90 Å². The summed E-state index contributed by atoms with van der Waals surface area (Å²) in [6.45, 7) is 3.81. The molecule has 6 nitrogen and oxygen atoms in total. The van der Waals surface area contributed by atoms with Gasteiger partial charge in [-0.2, -0.15) is 0 Å². The van der Waals surface area contributed by atoms with E-state index in [1.54, 1.807) is 42.5 Å². The zero-order valence-electron chi connectivity index (χ0n) is 14.2. The summed E-state index contributed by atoms with van der Waals surface area (Å²) in [5.74, 6) is 0.637. The number of nitrogens with one attached hydrogen (secondary N) is 2. The highest BCUT2D eigenvalue weighted by atomic mass is 35.5. The molecule has 0 saturated carbocycles. The summed E-state index contributed by atoms with van der Waals surface area (Å²) in [4.78, 5) is 0.170. The van der Waals surface area contributed by atoms with Crippen molar-refractivity contribution in [1.82, 2.24) is 10.2 Å². The van der Waals surface area contributed by atoms with Crippen molar-refractivity contribution < 1.29 is 8.42 Å². The first-order valence-electron chi connectivity index (χ1n) is 7.80. The molecule has 3 rings (SSSR count). The number of aromatic nitrogens is 2. The van der Waals surface area contributed by atoms with Crippen LogP contribution in [0.5, 0.6) is 0 Å². The van der Waals surface area contributed by atoms with Crippen molar-refractivity contribution in [2.75, 3.05) is 10.0 Å². The smallest absolute Gasteiger partial charge is 0.263 e. The minimum Gasteiger partial charge on any atom is -0.339 e. The number of rotatable bonds is 5. The number of aryl methyl sites for hydroxylation is 2. The van der Waals surface area contributed by atoms with E-state index in [0.29, 0.717) is 10.8 Å². The second-order valence-electron chi connectivity index (χ2n) is 5.81. The molecule has 0 aliphatic rings. The Kier molecular flexibility index (Phi) is 5.11. The standard InChI is InChI=1S/C18H17ClN4O2S/c1-12-3-6-15(7-4-12)26(24,25)23-18-10-9-17(21-22-18)20-16-8-5-14(19)11-13(16)2/h3-11H,1-2H3,(H,20,21)(H,22,23). The maximum absolute atomic E-state index is 12.4. The maximum atomic E-state index is 12.4. The van der Waals surface area contributed by atoms with Gasteiger partial charge in [0, 0.05) is 10.7 Å². The highest BCUT2D eigenvalue weighted by Crippen LogP contribution is 2.23. The first kappa shape index (κ1) is 18.2. The summed E-state index contributed by atoms with van der Waals surface area (Å²) in [5, 5.41) is 11.7. The molecule has 0 aliphatic heterocycles. The lowest BCUT2D eigenvalue weighted by Crippen LogP contribution is -2.14. The predicted octanol–water partition coefficient (Wildman–Crippen LogP) is 4.29. The first-order chi connectivity index (χ1) is 12.3. The van der Waals surface area contributed by atoms with Crippen LogP contribution in [-0.4, -0.2) is 18.6 Å². The fraction of sp³-hybridized carbons (Fsp3) is 0.111. The molecule has 8 heteroatoms. The van der Waals surface area contributed by atoms with Crippen LogP contribution in [0, 0.1) is 13.8 Å². The third-order valence-electron chi connectivity index (χ3n) is 3.69. The average Bonchev–Trinajstić information content (AvgIpc) is 2.59. The SMILES string of the molecule is Cc1ccc(S(=O)(=O)Nc2ccc(Nc3ccc(Cl)cc3C)nn2)cc1. The monoisotopic (exact) mass is 388 g/mol. The van der Waals surface area contributed by atoms with E-state index in [0.717, 1.165) is 16.8 Å². The van der Waals surface area contributed by atoms with E-state index in [1.165, 1.54) is 0 Å². The molecule has 3 aromatic rings. The number of halogens is 1. The molecule has 1 aromatic heterocycles.